The summed E-state index contributed by atoms with van der Waals surface area (Å²) >= 11 is 0. The van der Waals surface area contributed by atoms with Gasteiger partial charge in [-0.25, -0.2) is 0 Å². The zero-order chi connectivity index (χ0) is 13.3. The van der Waals surface area contributed by atoms with Crippen LogP contribution in [0.1, 0.15) is 48.5 Å². The third-order valence-electron chi connectivity index (χ3n) is 2.99. The first-order chi connectivity index (χ1) is 8.50. The standard InChI is InChI=1S/C14H20N2O2/c1-9(2)11-7-15-8-12(14(17)16(3)4)13(11)18-10-5-6-10/h7-10H,5-6H2,1-4H3. The lowest BCUT2D eigenvalue weighted by atomic mass is 10.0. The van der Waals surface area contributed by atoms with E-state index in [9.17, 15) is 4.79 Å². The molecular formula is C14H20N2O2. The van der Waals surface area contributed by atoms with Crippen LogP contribution in [0.2, 0.25) is 0 Å². The maximum absolute atomic E-state index is 12.1. The summed E-state index contributed by atoms with van der Waals surface area (Å²) in [5.41, 5.74) is 1.58. The lowest BCUT2D eigenvalue weighted by Crippen LogP contribution is -2.23. The van der Waals surface area contributed by atoms with Crippen molar-refractivity contribution in [3.63, 3.8) is 0 Å². The predicted molar refractivity (Wildman–Crippen MR) is 70.0 cm³/mol. The fourth-order valence-corrected chi connectivity index (χ4v) is 1.75. The molecule has 0 aromatic carbocycles. The molecule has 0 unspecified atom stereocenters. The molecule has 1 saturated carbocycles. The summed E-state index contributed by atoms with van der Waals surface area (Å²) in [4.78, 5) is 17.9. The van der Waals surface area contributed by atoms with Gasteiger partial charge in [0.25, 0.3) is 5.91 Å². The van der Waals surface area contributed by atoms with Crippen LogP contribution in [0.15, 0.2) is 12.4 Å². The summed E-state index contributed by atoms with van der Waals surface area (Å²) in [6.07, 6.45) is 5.84. The van der Waals surface area contributed by atoms with Crippen molar-refractivity contribution in [3.05, 3.63) is 23.5 Å². The first kappa shape index (κ1) is 12.9. The van der Waals surface area contributed by atoms with Crippen molar-refractivity contribution in [3.8, 4) is 5.75 Å². The van der Waals surface area contributed by atoms with E-state index in [4.69, 9.17) is 4.74 Å². The van der Waals surface area contributed by atoms with Crippen LogP contribution in [0.5, 0.6) is 5.75 Å². The monoisotopic (exact) mass is 248 g/mol. The average molecular weight is 248 g/mol. The van der Waals surface area contributed by atoms with Crippen LogP contribution in [0, 0.1) is 0 Å². The molecule has 18 heavy (non-hydrogen) atoms. The second-order valence-electron chi connectivity index (χ2n) is 5.28. The summed E-state index contributed by atoms with van der Waals surface area (Å²) < 4.78 is 5.93. The van der Waals surface area contributed by atoms with Gasteiger partial charge < -0.3 is 9.64 Å². The maximum atomic E-state index is 12.1. The quantitative estimate of drug-likeness (QED) is 0.822. The Labute approximate surface area is 108 Å². The topological polar surface area (TPSA) is 42.4 Å². The van der Waals surface area contributed by atoms with Crippen molar-refractivity contribution in [2.24, 2.45) is 0 Å². The number of hydrogen-bond donors (Lipinski definition) is 0. The van der Waals surface area contributed by atoms with Crippen LogP contribution in [0.3, 0.4) is 0 Å². The molecule has 0 atom stereocenters. The van der Waals surface area contributed by atoms with E-state index >= 15 is 0 Å². The molecule has 1 aliphatic rings. The van der Waals surface area contributed by atoms with E-state index in [0.29, 0.717) is 11.5 Å². The van der Waals surface area contributed by atoms with Crippen molar-refractivity contribution in [2.75, 3.05) is 14.1 Å². The van der Waals surface area contributed by atoms with Crippen LogP contribution in [-0.2, 0) is 0 Å². The Morgan fingerprint density at radius 1 is 1.39 bits per heavy atom. The number of nitrogens with zero attached hydrogens (tertiary/aromatic N) is 2. The summed E-state index contributed by atoms with van der Waals surface area (Å²) in [6.45, 7) is 4.17. The van der Waals surface area contributed by atoms with E-state index in [2.05, 4.69) is 18.8 Å². The Morgan fingerprint density at radius 3 is 2.56 bits per heavy atom. The molecule has 0 radical (unpaired) electrons. The lowest BCUT2D eigenvalue weighted by Gasteiger charge is -2.18. The summed E-state index contributed by atoms with van der Waals surface area (Å²) in [6, 6.07) is 0. The molecule has 1 heterocycles. The Hall–Kier alpha value is -1.58. The van der Waals surface area contributed by atoms with Gasteiger partial charge in [0.05, 0.1) is 6.10 Å². The minimum atomic E-state index is -0.0550. The van der Waals surface area contributed by atoms with Gasteiger partial charge in [-0.15, -0.1) is 0 Å². The van der Waals surface area contributed by atoms with Crippen molar-refractivity contribution < 1.29 is 9.53 Å². The van der Waals surface area contributed by atoms with E-state index in [1.165, 1.54) is 0 Å². The minimum Gasteiger partial charge on any atom is -0.489 e. The van der Waals surface area contributed by atoms with Crippen LogP contribution in [0.25, 0.3) is 0 Å². The van der Waals surface area contributed by atoms with Crippen LogP contribution in [0.4, 0.5) is 0 Å². The van der Waals surface area contributed by atoms with Gasteiger partial charge in [-0.1, -0.05) is 13.8 Å². The summed E-state index contributed by atoms with van der Waals surface area (Å²) in [5.74, 6) is 0.961. The number of rotatable bonds is 4. The summed E-state index contributed by atoms with van der Waals surface area (Å²) in [7, 11) is 3.48. The molecule has 1 aromatic heterocycles. The molecule has 1 aliphatic carbocycles. The largest absolute Gasteiger partial charge is 0.489 e. The minimum absolute atomic E-state index is 0.0550. The molecule has 1 amide bonds. The van der Waals surface area contributed by atoms with Gasteiger partial charge in [-0.3, -0.25) is 9.78 Å². The van der Waals surface area contributed by atoms with Gasteiger partial charge in [-0.05, 0) is 18.8 Å². The first-order valence-corrected chi connectivity index (χ1v) is 6.37. The zero-order valence-electron chi connectivity index (χ0n) is 11.4. The van der Waals surface area contributed by atoms with Gasteiger partial charge in [0.2, 0.25) is 0 Å². The molecular weight excluding hydrogens is 228 g/mol. The van der Waals surface area contributed by atoms with Gasteiger partial charge in [0, 0.05) is 32.1 Å². The number of carbonyl (C=O) groups is 1. The molecule has 4 heteroatoms. The first-order valence-electron chi connectivity index (χ1n) is 6.37. The normalized spacial score (nSPS) is 14.7. The Bertz CT molecular complexity index is 451. The van der Waals surface area contributed by atoms with Gasteiger partial charge in [0.1, 0.15) is 11.3 Å². The summed E-state index contributed by atoms with van der Waals surface area (Å²) in [5, 5.41) is 0. The second-order valence-corrected chi connectivity index (χ2v) is 5.28. The highest BCUT2D eigenvalue weighted by Crippen LogP contribution is 2.35. The molecule has 98 valence electrons. The number of aromatic nitrogens is 1. The molecule has 0 spiro atoms. The van der Waals surface area contributed by atoms with E-state index in [-0.39, 0.29) is 12.0 Å². The molecule has 0 bridgehead atoms. The number of ether oxygens (including phenoxy) is 1. The predicted octanol–water partition coefficient (Wildman–Crippen LogP) is 2.45. The van der Waals surface area contributed by atoms with Crippen molar-refractivity contribution >= 4 is 5.91 Å². The molecule has 2 rings (SSSR count). The fourth-order valence-electron chi connectivity index (χ4n) is 1.75. The third kappa shape index (κ3) is 2.63. The van der Waals surface area contributed by atoms with Gasteiger partial charge >= 0.3 is 0 Å². The lowest BCUT2D eigenvalue weighted by molar-refractivity contribution is 0.0822. The van der Waals surface area contributed by atoms with E-state index in [1.807, 2.05) is 0 Å². The Morgan fingerprint density at radius 2 is 2.06 bits per heavy atom. The van der Waals surface area contributed by atoms with Gasteiger partial charge in [-0.2, -0.15) is 0 Å². The van der Waals surface area contributed by atoms with Crippen LogP contribution < -0.4 is 4.74 Å². The molecule has 0 aliphatic heterocycles. The average Bonchev–Trinajstić information content (AvgIpc) is 3.11. The number of hydrogen-bond acceptors (Lipinski definition) is 3. The molecule has 1 fully saturated rings. The van der Waals surface area contributed by atoms with Gasteiger partial charge in [0.15, 0.2) is 0 Å². The van der Waals surface area contributed by atoms with Crippen LogP contribution in [-0.4, -0.2) is 36.0 Å². The number of carbonyl (C=O) groups excluding carboxylic acids is 1. The second kappa shape index (κ2) is 4.96. The number of amides is 1. The third-order valence-corrected chi connectivity index (χ3v) is 2.99. The highest BCUT2D eigenvalue weighted by molar-refractivity contribution is 5.96. The molecule has 4 nitrogen and oxygen atoms in total. The maximum Gasteiger partial charge on any atom is 0.258 e. The number of pyridine rings is 1. The van der Waals surface area contributed by atoms with Crippen molar-refractivity contribution in [2.45, 2.75) is 38.7 Å². The zero-order valence-corrected chi connectivity index (χ0v) is 11.4. The Balaban J connectivity index is 2.42. The van der Waals surface area contributed by atoms with E-state index in [0.717, 1.165) is 24.2 Å². The highest BCUT2D eigenvalue weighted by atomic mass is 16.5. The molecule has 0 N–H and O–H groups in total. The smallest absolute Gasteiger partial charge is 0.258 e. The molecule has 0 saturated heterocycles. The van der Waals surface area contributed by atoms with Crippen LogP contribution >= 0.6 is 0 Å². The van der Waals surface area contributed by atoms with Crippen molar-refractivity contribution in [1.29, 1.82) is 0 Å². The SMILES string of the molecule is CC(C)c1cncc(C(=O)N(C)C)c1OC1CC1. The Kier molecular flexibility index (Phi) is 3.55. The fraction of sp³-hybridized carbons (Fsp3) is 0.571. The van der Waals surface area contributed by atoms with E-state index in [1.54, 1.807) is 31.4 Å². The van der Waals surface area contributed by atoms with E-state index < -0.39 is 0 Å². The van der Waals surface area contributed by atoms with Crippen molar-refractivity contribution in [1.82, 2.24) is 9.88 Å². The molecule has 1 aromatic rings. The highest BCUT2D eigenvalue weighted by Gasteiger charge is 2.28.